The average molecular weight is 239 g/mol. The van der Waals surface area contributed by atoms with E-state index >= 15 is 0 Å². The second-order valence-corrected chi connectivity index (χ2v) is 4.56. The maximum atomic E-state index is 11.5. The largest absolute Gasteiger partial charge is 0.398 e. The second kappa shape index (κ2) is 4.34. The molecule has 4 heteroatoms. The smallest absolute Gasteiger partial charge is 0.219 e. The molecule has 1 unspecified atom stereocenters. The zero-order valence-electron chi connectivity index (χ0n) is 9.24. The van der Waals surface area contributed by atoms with Gasteiger partial charge < -0.3 is 10.6 Å². The van der Waals surface area contributed by atoms with Gasteiger partial charge in [-0.3, -0.25) is 4.79 Å². The predicted octanol–water partition coefficient (Wildman–Crippen LogP) is 2.61. The van der Waals surface area contributed by atoms with Gasteiger partial charge in [0.1, 0.15) is 0 Å². The molecule has 1 aliphatic rings. The molecule has 1 atom stereocenters. The lowest BCUT2D eigenvalue weighted by Gasteiger charge is -2.24. The van der Waals surface area contributed by atoms with Crippen molar-refractivity contribution in [2.75, 3.05) is 12.3 Å². The zero-order chi connectivity index (χ0) is 11.7. The molecule has 1 heterocycles. The monoisotopic (exact) mass is 238 g/mol. The van der Waals surface area contributed by atoms with Crippen LogP contribution in [0.15, 0.2) is 18.2 Å². The van der Waals surface area contributed by atoms with Crippen LogP contribution in [-0.4, -0.2) is 17.4 Å². The molecule has 86 valence electrons. The van der Waals surface area contributed by atoms with E-state index in [4.69, 9.17) is 17.3 Å². The Morgan fingerprint density at radius 3 is 2.94 bits per heavy atom. The van der Waals surface area contributed by atoms with E-state index < -0.39 is 0 Å². The standard InChI is InChI=1S/C12H15ClN2O/c1-8(16)15-6-2-3-12(15)9-4-5-10(13)11(14)7-9/h4-5,7,12H,2-3,6,14H2,1H3. The van der Waals surface area contributed by atoms with Gasteiger partial charge in [-0.2, -0.15) is 0 Å². The summed E-state index contributed by atoms with van der Waals surface area (Å²) in [5.41, 5.74) is 7.43. The molecule has 0 saturated carbocycles. The normalized spacial score (nSPS) is 20.1. The Hall–Kier alpha value is -1.22. The van der Waals surface area contributed by atoms with Crippen molar-refractivity contribution in [1.82, 2.24) is 4.90 Å². The van der Waals surface area contributed by atoms with Crippen LogP contribution in [0.25, 0.3) is 0 Å². The minimum atomic E-state index is 0.121. The fraction of sp³-hybridized carbons (Fsp3) is 0.417. The minimum Gasteiger partial charge on any atom is -0.398 e. The van der Waals surface area contributed by atoms with Crippen molar-refractivity contribution in [2.24, 2.45) is 0 Å². The second-order valence-electron chi connectivity index (χ2n) is 4.15. The Morgan fingerprint density at radius 1 is 1.56 bits per heavy atom. The van der Waals surface area contributed by atoms with Crippen molar-refractivity contribution < 1.29 is 4.79 Å². The predicted molar refractivity (Wildman–Crippen MR) is 65.2 cm³/mol. The minimum absolute atomic E-state index is 0.121. The van der Waals surface area contributed by atoms with Crippen LogP contribution in [0.1, 0.15) is 31.4 Å². The first kappa shape index (κ1) is 11.3. The van der Waals surface area contributed by atoms with Crippen LogP contribution in [0.4, 0.5) is 5.69 Å². The third-order valence-electron chi connectivity index (χ3n) is 3.06. The maximum absolute atomic E-state index is 11.5. The number of nitrogens with two attached hydrogens (primary N) is 1. The Morgan fingerprint density at radius 2 is 2.31 bits per heavy atom. The number of rotatable bonds is 1. The van der Waals surface area contributed by atoms with E-state index in [1.807, 2.05) is 17.0 Å². The zero-order valence-corrected chi connectivity index (χ0v) is 10.00. The van der Waals surface area contributed by atoms with E-state index in [0.29, 0.717) is 10.7 Å². The third kappa shape index (κ3) is 2.00. The van der Waals surface area contributed by atoms with Crippen LogP contribution < -0.4 is 5.73 Å². The average Bonchev–Trinajstić information content (AvgIpc) is 2.71. The van der Waals surface area contributed by atoms with Gasteiger partial charge in [0, 0.05) is 13.5 Å². The number of carbonyl (C=O) groups excluding carboxylic acids is 1. The molecule has 1 fully saturated rings. The molecular formula is C12H15ClN2O. The highest BCUT2D eigenvalue weighted by Crippen LogP contribution is 2.34. The summed E-state index contributed by atoms with van der Waals surface area (Å²) < 4.78 is 0. The number of carbonyl (C=O) groups is 1. The van der Waals surface area contributed by atoms with Gasteiger partial charge in [0.25, 0.3) is 0 Å². The van der Waals surface area contributed by atoms with Crippen molar-refractivity contribution in [3.8, 4) is 0 Å². The molecule has 16 heavy (non-hydrogen) atoms. The molecule has 0 bridgehead atoms. The van der Waals surface area contributed by atoms with Gasteiger partial charge >= 0.3 is 0 Å². The van der Waals surface area contributed by atoms with E-state index in [9.17, 15) is 4.79 Å². The molecule has 0 aromatic heterocycles. The fourth-order valence-corrected chi connectivity index (χ4v) is 2.38. The number of hydrogen-bond donors (Lipinski definition) is 1. The lowest BCUT2D eigenvalue weighted by molar-refractivity contribution is -0.129. The fourth-order valence-electron chi connectivity index (χ4n) is 2.26. The summed E-state index contributed by atoms with van der Waals surface area (Å²) in [7, 11) is 0. The Balaban J connectivity index is 2.29. The molecule has 2 N–H and O–H groups in total. The van der Waals surface area contributed by atoms with Crippen molar-refractivity contribution >= 4 is 23.2 Å². The highest BCUT2D eigenvalue weighted by atomic mass is 35.5. The van der Waals surface area contributed by atoms with Crippen LogP contribution >= 0.6 is 11.6 Å². The summed E-state index contributed by atoms with van der Waals surface area (Å²) in [5, 5.41) is 0.566. The van der Waals surface area contributed by atoms with Crippen molar-refractivity contribution in [3.05, 3.63) is 28.8 Å². The molecule has 1 aliphatic heterocycles. The van der Waals surface area contributed by atoms with E-state index in [1.54, 1.807) is 13.0 Å². The van der Waals surface area contributed by atoms with E-state index in [1.165, 1.54) is 0 Å². The SMILES string of the molecule is CC(=O)N1CCCC1c1ccc(Cl)c(N)c1. The Labute approximate surface area is 100 Å². The summed E-state index contributed by atoms with van der Waals surface area (Å²) in [6.07, 6.45) is 2.05. The molecular weight excluding hydrogens is 224 g/mol. The molecule has 1 aromatic carbocycles. The molecule has 1 aromatic rings. The number of nitrogen functional groups attached to an aromatic ring is 1. The van der Waals surface area contributed by atoms with Crippen LogP contribution in [0.5, 0.6) is 0 Å². The van der Waals surface area contributed by atoms with Crippen molar-refractivity contribution in [1.29, 1.82) is 0 Å². The first-order valence-electron chi connectivity index (χ1n) is 5.41. The van der Waals surface area contributed by atoms with Gasteiger partial charge in [0.15, 0.2) is 0 Å². The summed E-state index contributed by atoms with van der Waals surface area (Å²) in [5.74, 6) is 0.121. The Kier molecular flexibility index (Phi) is 3.06. The van der Waals surface area contributed by atoms with Crippen LogP contribution in [-0.2, 0) is 4.79 Å². The van der Waals surface area contributed by atoms with Crippen molar-refractivity contribution in [3.63, 3.8) is 0 Å². The van der Waals surface area contributed by atoms with Gasteiger partial charge in [-0.25, -0.2) is 0 Å². The summed E-state index contributed by atoms with van der Waals surface area (Å²) in [6.45, 7) is 2.44. The van der Waals surface area contributed by atoms with Crippen molar-refractivity contribution in [2.45, 2.75) is 25.8 Å². The van der Waals surface area contributed by atoms with E-state index in [2.05, 4.69) is 0 Å². The van der Waals surface area contributed by atoms with Gasteiger partial charge in [-0.1, -0.05) is 17.7 Å². The van der Waals surface area contributed by atoms with E-state index in [0.717, 1.165) is 24.9 Å². The highest BCUT2D eigenvalue weighted by molar-refractivity contribution is 6.33. The first-order valence-corrected chi connectivity index (χ1v) is 5.79. The number of likely N-dealkylation sites (tertiary alicyclic amines) is 1. The molecule has 1 amide bonds. The number of anilines is 1. The molecule has 0 radical (unpaired) electrons. The summed E-state index contributed by atoms with van der Waals surface area (Å²) in [4.78, 5) is 13.3. The topological polar surface area (TPSA) is 46.3 Å². The molecule has 3 nitrogen and oxygen atoms in total. The number of benzene rings is 1. The van der Waals surface area contributed by atoms with Gasteiger partial charge in [0.05, 0.1) is 16.8 Å². The number of amides is 1. The van der Waals surface area contributed by atoms with Crippen LogP contribution in [0, 0.1) is 0 Å². The highest BCUT2D eigenvalue weighted by Gasteiger charge is 2.27. The quantitative estimate of drug-likeness (QED) is 0.765. The number of hydrogen-bond acceptors (Lipinski definition) is 2. The maximum Gasteiger partial charge on any atom is 0.219 e. The summed E-state index contributed by atoms with van der Waals surface area (Å²) in [6, 6.07) is 5.78. The number of halogens is 1. The molecule has 0 spiro atoms. The van der Waals surface area contributed by atoms with Crippen LogP contribution in [0.3, 0.4) is 0 Å². The lowest BCUT2D eigenvalue weighted by Crippen LogP contribution is -2.28. The molecule has 1 saturated heterocycles. The molecule has 0 aliphatic carbocycles. The third-order valence-corrected chi connectivity index (χ3v) is 3.41. The van der Waals surface area contributed by atoms with E-state index in [-0.39, 0.29) is 11.9 Å². The first-order chi connectivity index (χ1) is 7.59. The van der Waals surface area contributed by atoms with Gasteiger partial charge in [0.2, 0.25) is 5.91 Å². The molecule has 2 rings (SSSR count). The van der Waals surface area contributed by atoms with Gasteiger partial charge in [-0.15, -0.1) is 0 Å². The lowest BCUT2D eigenvalue weighted by atomic mass is 10.0. The van der Waals surface area contributed by atoms with Gasteiger partial charge in [-0.05, 0) is 30.5 Å². The summed E-state index contributed by atoms with van der Waals surface area (Å²) >= 11 is 5.88. The van der Waals surface area contributed by atoms with Crippen LogP contribution in [0.2, 0.25) is 5.02 Å². The Bertz CT molecular complexity index is 419. The number of nitrogens with zero attached hydrogens (tertiary/aromatic N) is 1.